The molecular weight excluding hydrogens is 503 g/mol. The molecule has 6 atom stereocenters. The van der Waals surface area contributed by atoms with Crippen LogP contribution in [0.5, 0.6) is 5.75 Å². The molecule has 0 radical (unpaired) electrons. The van der Waals surface area contributed by atoms with Crippen molar-refractivity contribution in [3.63, 3.8) is 0 Å². The van der Waals surface area contributed by atoms with Crippen LogP contribution >= 0.6 is 0 Å². The van der Waals surface area contributed by atoms with Gasteiger partial charge < -0.3 is 26.2 Å². The number of aromatic hydroxyl groups is 1. The summed E-state index contributed by atoms with van der Waals surface area (Å²) in [5.41, 5.74) is 1.33. The van der Waals surface area contributed by atoms with Crippen LogP contribution in [0.1, 0.15) is 22.3 Å². The molecule has 2 amide bonds. The predicted octanol–water partition coefficient (Wildman–Crippen LogP) is -1.49. The highest BCUT2D eigenvalue weighted by Crippen LogP contribution is 2.51. The van der Waals surface area contributed by atoms with E-state index in [1.807, 2.05) is 0 Å². The third-order valence-electron chi connectivity index (χ3n) is 7.74. The quantitative estimate of drug-likeness (QED) is 0.257. The Bertz CT molecular complexity index is 1290. The summed E-state index contributed by atoms with van der Waals surface area (Å²) in [5.74, 6) is -14.0. The lowest BCUT2D eigenvalue weighted by atomic mass is 9.52. The van der Waals surface area contributed by atoms with E-state index < -0.39 is 87.4 Å². The molecule has 0 heterocycles. The Kier molecular flexibility index (Phi) is 6.75. The van der Waals surface area contributed by atoms with Crippen molar-refractivity contribution in [3.05, 3.63) is 23.0 Å². The fraction of sp³-hybridized carbons (Fsp3) is 0.520. The summed E-state index contributed by atoms with van der Waals surface area (Å²) in [6.45, 7) is -0.0986. The normalized spacial score (nSPS) is 30.7. The van der Waals surface area contributed by atoms with Crippen molar-refractivity contribution >= 4 is 40.6 Å². The van der Waals surface area contributed by atoms with Crippen molar-refractivity contribution in [2.75, 3.05) is 40.1 Å². The van der Waals surface area contributed by atoms with Gasteiger partial charge in [-0.15, -0.1) is 0 Å². The first kappa shape index (κ1) is 27.5. The van der Waals surface area contributed by atoms with Crippen LogP contribution in [0.4, 0.5) is 10.1 Å². The van der Waals surface area contributed by atoms with E-state index in [1.165, 1.54) is 23.9 Å². The molecule has 0 bridgehead atoms. The van der Waals surface area contributed by atoms with Crippen LogP contribution in [-0.2, 0) is 30.4 Å². The van der Waals surface area contributed by atoms with E-state index in [9.17, 15) is 39.0 Å². The number of carbonyl (C=O) groups is 6. The standard InChI is InChI=1S/C25H29FN4O8/c1-29(2)8-14(31)28-13-7-12(26)10-5-9-6-11-18(30(3)4)21(34)17(24(27)37)23(36)25(11,38)22(35)15(9)20(33)16(10)19(13)32/h7,9,11,15,17-18,32,38H,5-6,8H2,1-4H3,(H2,27,37)(H,28,31)/t9-,11-,15?,17?,18-,25-/m0/s1. The highest BCUT2D eigenvalue weighted by molar-refractivity contribution is 6.32. The van der Waals surface area contributed by atoms with Crippen molar-refractivity contribution in [2.45, 2.75) is 24.5 Å². The molecule has 0 saturated heterocycles. The largest absolute Gasteiger partial charge is 0.505 e. The SMILES string of the molecule is CN(C)CC(=O)Nc1cc(F)c2c(c1O)C(=O)C1C(=O)[C@]3(O)C(=O)C(C(N)=O)C(=O)[C@@H](N(C)C)[C@@H]3C[C@@H]1C2. The number of carbonyl (C=O) groups excluding carboxylic acids is 6. The van der Waals surface area contributed by atoms with Gasteiger partial charge in [0.2, 0.25) is 11.8 Å². The highest BCUT2D eigenvalue weighted by atomic mass is 19.1. The summed E-state index contributed by atoms with van der Waals surface area (Å²) < 4.78 is 15.2. The second-order valence-corrected chi connectivity index (χ2v) is 10.7. The van der Waals surface area contributed by atoms with Crippen LogP contribution in [0.15, 0.2) is 6.07 Å². The minimum Gasteiger partial charge on any atom is -0.505 e. The Morgan fingerprint density at radius 2 is 1.79 bits per heavy atom. The van der Waals surface area contributed by atoms with Gasteiger partial charge in [0.15, 0.2) is 34.7 Å². The predicted molar refractivity (Wildman–Crippen MR) is 129 cm³/mol. The molecule has 0 aliphatic heterocycles. The number of ketones is 4. The maximum atomic E-state index is 15.2. The highest BCUT2D eigenvalue weighted by Gasteiger charge is 2.69. The van der Waals surface area contributed by atoms with Gasteiger partial charge in [0.1, 0.15) is 11.6 Å². The molecule has 2 fully saturated rings. The minimum absolute atomic E-state index is 0.0986. The zero-order chi connectivity index (χ0) is 28.4. The monoisotopic (exact) mass is 532 g/mol. The summed E-state index contributed by atoms with van der Waals surface area (Å²) in [7, 11) is 6.18. The Hall–Kier alpha value is -3.55. The number of rotatable bonds is 5. The number of anilines is 1. The number of fused-ring (bicyclic) bond motifs is 3. The molecular formula is C25H29FN4O8. The molecule has 13 heteroatoms. The number of hydrogen-bond donors (Lipinski definition) is 4. The Morgan fingerprint density at radius 3 is 2.34 bits per heavy atom. The number of halogens is 1. The molecule has 2 unspecified atom stereocenters. The van der Waals surface area contributed by atoms with Gasteiger partial charge in [-0.1, -0.05) is 0 Å². The number of hydrogen-bond acceptors (Lipinski definition) is 10. The van der Waals surface area contributed by atoms with Crippen LogP contribution in [0, 0.1) is 29.5 Å². The van der Waals surface area contributed by atoms with E-state index in [-0.39, 0.29) is 30.6 Å². The van der Waals surface area contributed by atoms with Gasteiger partial charge in [-0.25, -0.2) is 4.39 Å². The molecule has 3 aliphatic rings. The molecule has 0 spiro atoms. The fourth-order valence-electron chi connectivity index (χ4n) is 6.20. The van der Waals surface area contributed by atoms with E-state index in [4.69, 9.17) is 5.73 Å². The summed E-state index contributed by atoms with van der Waals surface area (Å²) in [4.78, 5) is 80.7. The van der Waals surface area contributed by atoms with E-state index in [2.05, 4.69) is 5.32 Å². The van der Waals surface area contributed by atoms with Crippen LogP contribution in [0.25, 0.3) is 0 Å². The number of nitrogens with zero attached hydrogens (tertiary/aromatic N) is 2. The van der Waals surface area contributed by atoms with Crippen LogP contribution in [0.3, 0.4) is 0 Å². The maximum absolute atomic E-state index is 15.2. The number of phenols is 1. The third kappa shape index (κ3) is 3.92. The molecule has 38 heavy (non-hydrogen) atoms. The number of nitrogens with one attached hydrogen (secondary N) is 1. The van der Waals surface area contributed by atoms with Gasteiger partial charge in [0.05, 0.1) is 29.8 Å². The molecule has 5 N–H and O–H groups in total. The maximum Gasteiger partial charge on any atom is 0.238 e. The second-order valence-electron chi connectivity index (χ2n) is 10.7. The summed E-state index contributed by atoms with van der Waals surface area (Å²) >= 11 is 0. The van der Waals surface area contributed by atoms with Crippen molar-refractivity contribution < 1.29 is 43.4 Å². The second kappa shape index (κ2) is 9.33. The van der Waals surface area contributed by atoms with E-state index in [0.717, 1.165) is 6.07 Å². The summed E-state index contributed by atoms with van der Waals surface area (Å²) in [6, 6.07) is -0.367. The molecule has 3 aliphatic carbocycles. The van der Waals surface area contributed by atoms with E-state index >= 15 is 4.39 Å². The van der Waals surface area contributed by atoms with E-state index in [1.54, 1.807) is 14.1 Å². The number of benzene rings is 1. The third-order valence-corrected chi connectivity index (χ3v) is 7.74. The molecule has 1 aromatic rings. The van der Waals surface area contributed by atoms with Gasteiger partial charge in [0, 0.05) is 17.5 Å². The van der Waals surface area contributed by atoms with Gasteiger partial charge >= 0.3 is 0 Å². The first-order valence-electron chi connectivity index (χ1n) is 12.0. The molecule has 12 nitrogen and oxygen atoms in total. The van der Waals surface area contributed by atoms with E-state index in [0.29, 0.717) is 0 Å². The average molecular weight is 533 g/mol. The molecule has 204 valence electrons. The molecule has 2 saturated carbocycles. The van der Waals surface area contributed by atoms with Crippen molar-refractivity contribution in [3.8, 4) is 5.75 Å². The lowest BCUT2D eigenvalue weighted by Crippen LogP contribution is -2.74. The summed E-state index contributed by atoms with van der Waals surface area (Å²) in [5, 5.41) is 24.7. The number of aliphatic hydroxyl groups is 1. The number of nitrogens with two attached hydrogens (primary N) is 1. The van der Waals surface area contributed by atoms with Gasteiger partial charge in [-0.3, -0.25) is 33.7 Å². The number of primary amides is 1. The number of Topliss-reactive ketones (excluding diaryl/α,β-unsaturated/α-hetero) is 4. The number of amides is 2. The average Bonchev–Trinajstić information content (AvgIpc) is 2.78. The van der Waals surface area contributed by atoms with Gasteiger partial charge in [-0.2, -0.15) is 0 Å². The Balaban J connectivity index is 1.81. The summed E-state index contributed by atoms with van der Waals surface area (Å²) in [6.07, 6.45) is -0.400. The van der Waals surface area contributed by atoms with Crippen molar-refractivity contribution in [1.29, 1.82) is 0 Å². The molecule has 1 aromatic carbocycles. The zero-order valence-electron chi connectivity index (χ0n) is 21.3. The van der Waals surface area contributed by atoms with Gasteiger partial charge in [-0.05, 0) is 47.0 Å². The Labute approximate surface area is 216 Å². The lowest BCUT2D eigenvalue weighted by Gasteiger charge is -2.52. The first-order chi connectivity index (χ1) is 17.6. The zero-order valence-corrected chi connectivity index (χ0v) is 21.3. The molecule has 0 aromatic heterocycles. The number of phenolic OH excluding ortho intramolecular Hbond substituents is 1. The Morgan fingerprint density at radius 1 is 1.16 bits per heavy atom. The fourth-order valence-corrected chi connectivity index (χ4v) is 6.20. The lowest BCUT2D eigenvalue weighted by molar-refractivity contribution is -0.181. The van der Waals surface area contributed by atoms with Crippen LogP contribution < -0.4 is 11.1 Å². The molecule has 4 rings (SSSR count). The minimum atomic E-state index is -2.87. The first-order valence-corrected chi connectivity index (χ1v) is 12.0. The smallest absolute Gasteiger partial charge is 0.238 e. The van der Waals surface area contributed by atoms with Gasteiger partial charge in [0.25, 0.3) is 0 Å². The number of likely N-dealkylation sites (N-methyl/N-ethyl adjacent to an activating group) is 2. The van der Waals surface area contributed by atoms with Crippen LogP contribution in [0.2, 0.25) is 0 Å². The van der Waals surface area contributed by atoms with Crippen molar-refractivity contribution in [1.82, 2.24) is 9.80 Å². The van der Waals surface area contributed by atoms with Crippen LogP contribution in [-0.4, -0.2) is 101 Å². The topological polar surface area (TPSA) is 187 Å². The van der Waals surface area contributed by atoms with Crippen molar-refractivity contribution in [2.24, 2.45) is 29.4 Å².